The van der Waals surface area contributed by atoms with Crippen LogP contribution >= 0.6 is 0 Å². The maximum absolute atomic E-state index is 12.9. The molecule has 1 amide bonds. The van der Waals surface area contributed by atoms with E-state index in [9.17, 15) is 9.59 Å². The summed E-state index contributed by atoms with van der Waals surface area (Å²) in [6.45, 7) is 6.84. The van der Waals surface area contributed by atoms with Crippen molar-refractivity contribution in [1.82, 2.24) is 14.8 Å². The van der Waals surface area contributed by atoms with Crippen LogP contribution < -0.4 is 4.74 Å². The number of aromatic amines is 1. The molecule has 0 saturated carbocycles. The Labute approximate surface area is 171 Å². The van der Waals surface area contributed by atoms with Gasteiger partial charge in [-0.15, -0.1) is 0 Å². The number of fused-ring (bicyclic) bond motifs is 1. The van der Waals surface area contributed by atoms with E-state index in [0.29, 0.717) is 18.7 Å². The van der Waals surface area contributed by atoms with Gasteiger partial charge in [0.05, 0.1) is 0 Å². The van der Waals surface area contributed by atoms with E-state index in [1.807, 2.05) is 53.2 Å². The number of rotatable bonds is 5. The number of hydrogen-bond donors (Lipinski definition) is 1. The lowest BCUT2D eigenvalue weighted by molar-refractivity contribution is -0.139. The number of esters is 1. The number of hydrogen-bond acceptors (Lipinski definition) is 5. The number of nitrogens with one attached hydrogen (secondary N) is 1. The molecule has 0 spiro atoms. The number of amides is 1. The molecule has 1 aromatic carbocycles. The van der Waals surface area contributed by atoms with E-state index < -0.39 is 23.7 Å². The number of carbonyl (C=O) groups is 2. The lowest BCUT2D eigenvalue weighted by atomic mass is 10.1. The number of ether oxygens (including phenoxy) is 2. The number of aromatic nitrogens is 1. The first-order valence-electron chi connectivity index (χ1n) is 10.1. The fourth-order valence-corrected chi connectivity index (χ4v) is 3.57. The fraction of sp³-hybridized carbons (Fsp3) is 0.545. The normalized spacial score (nSPS) is 17.2. The van der Waals surface area contributed by atoms with Gasteiger partial charge < -0.3 is 19.4 Å². The molecule has 1 saturated heterocycles. The molecule has 0 unspecified atom stereocenters. The first kappa shape index (κ1) is 21.2. The van der Waals surface area contributed by atoms with E-state index in [2.05, 4.69) is 9.88 Å². The van der Waals surface area contributed by atoms with Gasteiger partial charge in [-0.05, 0) is 71.8 Å². The fourth-order valence-electron chi connectivity index (χ4n) is 3.57. The van der Waals surface area contributed by atoms with Crippen molar-refractivity contribution in [3.63, 3.8) is 0 Å². The van der Waals surface area contributed by atoms with Crippen LogP contribution in [0.3, 0.4) is 0 Å². The van der Waals surface area contributed by atoms with Gasteiger partial charge in [0, 0.05) is 30.2 Å². The predicted octanol–water partition coefficient (Wildman–Crippen LogP) is 3.58. The Balaban J connectivity index is 1.78. The summed E-state index contributed by atoms with van der Waals surface area (Å²) in [4.78, 5) is 32.3. The van der Waals surface area contributed by atoms with Crippen LogP contribution in [0, 0.1) is 0 Å². The van der Waals surface area contributed by atoms with Gasteiger partial charge in [0.25, 0.3) is 0 Å². The summed E-state index contributed by atoms with van der Waals surface area (Å²) in [7, 11) is 4.06. The summed E-state index contributed by atoms with van der Waals surface area (Å²) in [5, 5.41) is 0.921. The molecule has 0 radical (unpaired) electrons. The van der Waals surface area contributed by atoms with Crippen molar-refractivity contribution in [2.24, 2.45) is 0 Å². The van der Waals surface area contributed by atoms with Crippen molar-refractivity contribution in [3.8, 4) is 5.75 Å². The Morgan fingerprint density at radius 1 is 1.28 bits per heavy atom. The molecule has 1 atom stereocenters. The maximum Gasteiger partial charge on any atom is 0.411 e. The maximum atomic E-state index is 12.9. The van der Waals surface area contributed by atoms with Crippen LogP contribution in [0.5, 0.6) is 5.75 Å². The minimum atomic E-state index is -0.621. The molecule has 29 heavy (non-hydrogen) atoms. The second-order valence-corrected chi connectivity index (χ2v) is 8.80. The zero-order valence-corrected chi connectivity index (χ0v) is 17.9. The van der Waals surface area contributed by atoms with Gasteiger partial charge in [-0.3, -0.25) is 4.90 Å². The standard InChI is InChI=1S/C22H31N3O4/c1-22(2,3)29-21(27)25-12-7-9-17(25)20(26)28-18-10-6-8-16-19(18)15(14-23-16)11-13-24(4)5/h6,8,10,14,17,23H,7,9,11-13H2,1-5H3/t17-/m0/s1. The number of H-pyrrole nitrogens is 1. The molecule has 158 valence electrons. The predicted molar refractivity (Wildman–Crippen MR) is 112 cm³/mol. The highest BCUT2D eigenvalue weighted by molar-refractivity contribution is 5.92. The zero-order valence-electron chi connectivity index (χ0n) is 17.9. The second kappa shape index (κ2) is 8.45. The van der Waals surface area contributed by atoms with Crippen LogP contribution in [-0.2, 0) is 16.0 Å². The van der Waals surface area contributed by atoms with E-state index in [4.69, 9.17) is 9.47 Å². The lowest BCUT2D eigenvalue weighted by Gasteiger charge is -2.27. The SMILES string of the molecule is CN(C)CCc1c[nH]c2cccc(OC(=O)[C@@H]3CCCN3C(=O)OC(C)(C)C)c12. The smallest absolute Gasteiger partial charge is 0.411 e. The van der Waals surface area contributed by atoms with Crippen molar-refractivity contribution in [2.75, 3.05) is 27.2 Å². The molecule has 1 aliphatic rings. The van der Waals surface area contributed by atoms with E-state index in [1.165, 1.54) is 4.90 Å². The van der Waals surface area contributed by atoms with Crippen molar-refractivity contribution in [3.05, 3.63) is 30.0 Å². The van der Waals surface area contributed by atoms with Gasteiger partial charge in [-0.25, -0.2) is 9.59 Å². The monoisotopic (exact) mass is 401 g/mol. The topological polar surface area (TPSA) is 74.9 Å². The van der Waals surface area contributed by atoms with Crippen LogP contribution in [-0.4, -0.2) is 65.7 Å². The van der Waals surface area contributed by atoms with Crippen LogP contribution in [0.15, 0.2) is 24.4 Å². The Hall–Kier alpha value is -2.54. The van der Waals surface area contributed by atoms with E-state index in [-0.39, 0.29) is 0 Å². The average Bonchev–Trinajstić information content (AvgIpc) is 3.26. The summed E-state index contributed by atoms with van der Waals surface area (Å²) in [5.41, 5.74) is 1.43. The first-order chi connectivity index (χ1) is 13.7. The largest absolute Gasteiger partial charge is 0.444 e. The Bertz CT molecular complexity index is 882. The summed E-state index contributed by atoms with van der Waals surface area (Å²) in [5.74, 6) is 0.110. The zero-order chi connectivity index (χ0) is 21.2. The third-order valence-electron chi connectivity index (χ3n) is 4.94. The molecular weight excluding hydrogens is 370 g/mol. The molecule has 0 bridgehead atoms. The van der Waals surface area contributed by atoms with Crippen LogP contribution in [0.4, 0.5) is 4.79 Å². The Morgan fingerprint density at radius 2 is 2.03 bits per heavy atom. The minimum absolute atomic E-state index is 0.416. The quantitative estimate of drug-likeness (QED) is 0.612. The van der Waals surface area contributed by atoms with Gasteiger partial charge in [0.2, 0.25) is 0 Å². The molecule has 7 nitrogen and oxygen atoms in total. The molecule has 7 heteroatoms. The third-order valence-corrected chi connectivity index (χ3v) is 4.94. The second-order valence-electron chi connectivity index (χ2n) is 8.80. The summed E-state index contributed by atoms with van der Waals surface area (Å²) >= 11 is 0. The Kier molecular flexibility index (Phi) is 6.17. The summed E-state index contributed by atoms with van der Waals surface area (Å²) in [6, 6.07) is 5.01. The van der Waals surface area contributed by atoms with Gasteiger partial charge in [-0.2, -0.15) is 0 Å². The van der Waals surface area contributed by atoms with Gasteiger partial charge >= 0.3 is 12.1 Å². The van der Waals surface area contributed by atoms with E-state index in [0.717, 1.165) is 35.9 Å². The number of likely N-dealkylation sites (tertiary alicyclic amines) is 1. The van der Waals surface area contributed by atoms with Gasteiger partial charge in [0.1, 0.15) is 17.4 Å². The van der Waals surface area contributed by atoms with Gasteiger partial charge in [-0.1, -0.05) is 6.07 Å². The number of benzene rings is 1. The summed E-state index contributed by atoms with van der Waals surface area (Å²) in [6.07, 6.45) is 3.67. The molecule has 3 rings (SSSR count). The average molecular weight is 402 g/mol. The molecule has 1 aromatic heterocycles. The molecule has 2 heterocycles. The highest BCUT2D eigenvalue weighted by Crippen LogP contribution is 2.31. The summed E-state index contributed by atoms with van der Waals surface area (Å²) < 4.78 is 11.3. The number of likely N-dealkylation sites (N-methyl/N-ethyl adjacent to an activating group) is 1. The minimum Gasteiger partial charge on any atom is -0.444 e. The van der Waals surface area contributed by atoms with Gasteiger partial charge in [0.15, 0.2) is 0 Å². The number of nitrogens with zero attached hydrogens (tertiary/aromatic N) is 2. The third kappa shape index (κ3) is 5.09. The molecular formula is C22H31N3O4. The van der Waals surface area contributed by atoms with E-state index in [1.54, 1.807) is 6.07 Å². The molecule has 1 aliphatic heterocycles. The molecule has 0 aliphatic carbocycles. The van der Waals surface area contributed by atoms with Crippen LogP contribution in [0.1, 0.15) is 39.2 Å². The highest BCUT2D eigenvalue weighted by atomic mass is 16.6. The number of carbonyl (C=O) groups excluding carboxylic acids is 2. The van der Waals surface area contributed by atoms with Crippen LogP contribution in [0.25, 0.3) is 10.9 Å². The van der Waals surface area contributed by atoms with Crippen molar-refractivity contribution in [1.29, 1.82) is 0 Å². The molecule has 1 N–H and O–H groups in total. The molecule has 1 fully saturated rings. The lowest BCUT2D eigenvalue weighted by Crippen LogP contribution is -2.44. The van der Waals surface area contributed by atoms with Crippen molar-refractivity contribution < 1.29 is 19.1 Å². The highest BCUT2D eigenvalue weighted by Gasteiger charge is 2.38. The van der Waals surface area contributed by atoms with E-state index >= 15 is 0 Å². The van der Waals surface area contributed by atoms with Crippen LogP contribution in [0.2, 0.25) is 0 Å². The first-order valence-corrected chi connectivity index (χ1v) is 10.1. The van der Waals surface area contributed by atoms with Crippen molar-refractivity contribution in [2.45, 2.75) is 51.7 Å². The van der Waals surface area contributed by atoms with Crippen molar-refractivity contribution >= 4 is 23.0 Å². The Morgan fingerprint density at radius 3 is 2.72 bits per heavy atom. The molecule has 2 aromatic rings.